The lowest BCUT2D eigenvalue weighted by atomic mass is 10.0. The van der Waals surface area contributed by atoms with E-state index in [-0.39, 0.29) is 11.3 Å². The predicted octanol–water partition coefficient (Wildman–Crippen LogP) is 4.19. The lowest BCUT2D eigenvalue weighted by molar-refractivity contribution is 0.0694. The van der Waals surface area contributed by atoms with Gasteiger partial charge in [-0.2, -0.15) is 0 Å². The van der Waals surface area contributed by atoms with Crippen molar-refractivity contribution in [3.8, 4) is 5.75 Å². The molecule has 3 aromatic rings. The van der Waals surface area contributed by atoms with Crippen LogP contribution in [0.5, 0.6) is 5.75 Å². The Morgan fingerprint density at radius 1 is 0.917 bits per heavy atom. The fourth-order valence-electron chi connectivity index (χ4n) is 2.57. The SMILES string of the molecule is O=C(O)c1cc2cc(CNCc3ccc(Cl)cc3)ccc2cc1O. The molecule has 0 aromatic heterocycles. The quantitative estimate of drug-likeness (QED) is 0.651. The number of rotatable bonds is 5. The second-order valence-electron chi connectivity index (χ2n) is 5.59. The molecular weight excluding hydrogens is 326 g/mol. The normalized spacial score (nSPS) is 10.9. The third-order valence-electron chi connectivity index (χ3n) is 3.82. The van der Waals surface area contributed by atoms with Crippen molar-refractivity contribution in [3.05, 3.63) is 76.3 Å². The highest BCUT2D eigenvalue weighted by Gasteiger charge is 2.11. The lowest BCUT2D eigenvalue weighted by Crippen LogP contribution is -2.12. The van der Waals surface area contributed by atoms with E-state index in [9.17, 15) is 9.90 Å². The lowest BCUT2D eigenvalue weighted by Gasteiger charge is -2.08. The molecule has 0 heterocycles. The van der Waals surface area contributed by atoms with Gasteiger partial charge in [-0.3, -0.25) is 0 Å². The Kier molecular flexibility index (Phi) is 4.69. The zero-order chi connectivity index (χ0) is 17.1. The Labute approximate surface area is 144 Å². The molecule has 0 spiro atoms. The molecule has 0 bridgehead atoms. The van der Waals surface area contributed by atoms with Gasteiger partial charge in [-0.15, -0.1) is 0 Å². The molecule has 3 rings (SSSR count). The first kappa shape index (κ1) is 16.3. The average molecular weight is 342 g/mol. The van der Waals surface area contributed by atoms with Gasteiger partial charge in [-0.25, -0.2) is 4.79 Å². The minimum atomic E-state index is -1.14. The minimum Gasteiger partial charge on any atom is -0.507 e. The zero-order valence-corrected chi connectivity index (χ0v) is 13.5. The van der Waals surface area contributed by atoms with Gasteiger partial charge in [-0.1, -0.05) is 35.9 Å². The van der Waals surface area contributed by atoms with Gasteiger partial charge in [0, 0.05) is 18.1 Å². The van der Waals surface area contributed by atoms with Crippen molar-refractivity contribution in [3.63, 3.8) is 0 Å². The van der Waals surface area contributed by atoms with Crippen LogP contribution >= 0.6 is 11.6 Å². The van der Waals surface area contributed by atoms with Crippen LogP contribution in [0, 0.1) is 0 Å². The summed E-state index contributed by atoms with van der Waals surface area (Å²) < 4.78 is 0. The largest absolute Gasteiger partial charge is 0.507 e. The van der Waals surface area contributed by atoms with E-state index in [1.807, 2.05) is 42.5 Å². The van der Waals surface area contributed by atoms with Gasteiger partial charge in [0.05, 0.1) is 0 Å². The van der Waals surface area contributed by atoms with Crippen molar-refractivity contribution in [1.29, 1.82) is 0 Å². The molecule has 0 fully saturated rings. The summed E-state index contributed by atoms with van der Waals surface area (Å²) >= 11 is 5.86. The van der Waals surface area contributed by atoms with Crippen molar-refractivity contribution in [1.82, 2.24) is 5.32 Å². The van der Waals surface area contributed by atoms with E-state index < -0.39 is 5.97 Å². The number of hydrogen-bond acceptors (Lipinski definition) is 3. The molecule has 4 nitrogen and oxygen atoms in total. The van der Waals surface area contributed by atoms with Gasteiger partial charge in [0.15, 0.2) is 0 Å². The third-order valence-corrected chi connectivity index (χ3v) is 4.07. The third kappa shape index (κ3) is 3.67. The van der Waals surface area contributed by atoms with Crippen LogP contribution in [-0.4, -0.2) is 16.2 Å². The van der Waals surface area contributed by atoms with Gasteiger partial charge >= 0.3 is 5.97 Å². The van der Waals surface area contributed by atoms with Crippen LogP contribution < -0.4 is 5.32 Å². The maximum Gasteiger partial charge on any atom is 0.339 e. The molecule has 0 saturated carbocycles. The molecule has 122 valence electrons. The standard InChI is InChI=1S/C19H16ClNO3/c20-16-5-2-12(3-6-16)10-21-11-13-1-4-14-9-18(22)17(19(23)24)8-15(14)7-13/h1-9,21-22H,10-11H2,(H,23,24). The van der Waals surface area contributed by atoms with E-state index in [4.69, 9.17) is 16.7 Å². The van der Waals surface area contributed by atoms with Gasteiger partial charge in [0.2, 0.25) is 0 Å². The Bertz CT molecular complexity index is 891. The van der Waals surface area contributed by atoms with Crippen LogP contribution in [0.25, 0.3) is 10.8 Å². The number of benzene rings is 3. The first-order valence-electron chi connectivity index (χ1n) is 7.47. The number of fused-ring (bicyclic) bond motifs is 1. The smallest absolute Gasteiger partial charge is 0.339 e. The first-order chi connectivity index (χ1) is 11.5. The number of nitrogens with one attached hydrogen (secondary N) is 1. The summed E-state index contributed by atoms with van der Waals surface area (Å²) in [6.45, 7) is 1.37. The number of carboxylic acid groups (broad SMARTS) is 1. The number of phenols is 1. The highest BCUT2D eigenvalue weighted by Crippen LogP contribution is 2.26. The Morgan fingerprint density at radius 2 is 1.58 bits per heavy atom. The van der Waals surface area contributed by atoms with Crippen LogP contribution in [0.3, 0.4) is 0 Å². The number of carbonyl (C=O) groups is 1. The molecule has 0 aliphatic heterocycles. The molecule has 0 saturated heterocycles. The molecule has 0 aliphatic carbocycles. The summed E-state index contributed by atoms with van der Waals surface area (Å²) in [5, 5.41) is 24.5. The van der Waals surface area contributed by atoms with E-state index in [0.717, 1.165) is 21.9 Å². The highest BCUT2D eigenvalue weighted by atomic mass is 35.5. The summed E-state index contributed by atoms with van der Waals surface area (Å²) in [5.74, 6) is -1.36. The summed E-state index contributed by atoms with van der Waals surface area (Å²) in [4.78, 5) is 11.1. The first-order valence-corrected chi connectivity index (χ1v) is 7.85. The highest BCUT2D eigenvalue weighted by molar-refractivity contribution is 6.30. The molecule has 0 atom stereocenters. The van der Waals surface area contributed by atoms with Gasteiger partial charge in [0.25, 0.3) is 0 Å². The Balaban J connectivity index is 1.74. The average Bonchev–Trinajstić information content (AvgIpc) is 2.56. The van der Waals surface area contributed by atoms with Crippen LogP contribution in [0.2, 0.25) is 5.02 Å². The van der Waals surface area contributed by atoms with Crippen molar-refractivity contribution in [2.75, 3.05) is 0 Å². The number of carboxylic acids is 1. The van der Waals surface area contributed by atoms with Gasteiger partial charge < -0.3 is 15.5 Å². The fourth-order valence-corrected chi connectivity index (χ4v) is 2.70. The molecule has 24 heavy (non-hydrogen) atoms. The van der Waals surface area contributed by atoms with E-state index in [1.165, 1.54) is 12.1 Å². The molecule has 3 N–H and O–H groups in total. The molecular formula is C19H16ClNO3. The summed E-state index contributed by atoms with van der Waals surface area (Å²) in [5.41, 5.74) is 2.09. The molecule has 3 aromatic carbocycles. The van der Waals surface area contributed by atoms with E-state index >= 15 is 0 Å². The van der Waals surface area contributed by atoms with E-state index in [0.29, 0.717) is 18.1 Å². The molecule has 0 aliphatic rings. The zero-order valence-electron chi connectivity index (χ0n) is 12.8. The summed E-state index contributed by atoms with van der Waals surface area (Å²) in [7, 11) is 0. The summed E-state index contributed by atoms with van der Waals surface area (Å²) in [6.07, 6.45) is 0. The Hall–Kier alpha value is -2.56. The van der Waals surface area contributed by atoms with E-state index in [2.05, 4.69) is 5.32 Å². The molecule has 0 radical (unpaired) electrons. The Morgan fingerprint density at radius 3 is 2.29 bits per heavy atom. The van der Waals surface area contributed by atoms with Crippen LogP contribution in [0.4, 0.5) is 0 Å². The summed E-state index contributed by atoms with van der Waals surface area (Å²) in [6, 6.07) is 16.4. The number of hydrogen-bond donors (Lipinski definition) is 3. The van der Waals surface area contributed by atoms with Crippen LogP contribution in [-0.2, 0) is 13.1 Å². The number of aromatic hydroxyl groups is 1. The van der Waals surface area contributed by atoms with Crippen LogP contribution in [0.1, 0.15) is 21.5 Å². The second kappa shape index (κ2) is 6.91. The van der Waals surface area contributed by atoms with Crippen molar-refractivity contribution in [2.45, 2.75) is 13.1 Å². The van der Waals surface area contributed by atoms with Crippen molar-refractivity contribution in [2.24, 2.45) is 0 Å². The minimum absolute atomic E-state index is 0.0891. The number of halogens is 1. The van der Waals surface area contributed by atoms with Gasteiger partial charge in [-0.05, 0) is 52.2 Å². The van der Waals surface area contributed by atoms with Crippen molar-refractivity contribution < 1.29 is 15.0 Å². The van der Waals surface area contributed by atoms with Crippen molar-refractivity contribution >= 4 is 28.3 Å². The van der Waals surface area contributed by atoms with E-state index in [1.54, 1.807) is 0 Å². The predicted molar refractivity (Wildman–Crippen MR) is 94.6 cm³/mol. The van der Waals surface area contributed by atoms with Gasteiger partial charge in [0.1, 0.15) is 11.3 Å². The topological polar surface area (TPSA) is 69.6 Å². The fraction of sp³-hybridized carbons (Fsp3) is 0.105. The maximum absolute atomic E-state index is 11.1. The van der Waals surface area contributed by atoms with Crippen LogP contribution in [0.15, 0.2) is 54.6 Å². The number of aromatic carboxylic acids is 1. The molecule has 0 unspecified atom stereocenters. The maximum atomic E-state index is 11.1. The second-order valence-corrected chi connectivity index (χ2v) is 6.02. The molecule has 0 amide bonds. The monoisotopic (exact) mass is 341 g/mol. The molecule has 5 heteroatoms.